The van der Waals surface area contributed by atoms with Gasteiger partial charge in [0, 0.05) is 18.2 Å². The first-order chi connectivity index (χ1) is 13.5. The third kappa shape index (κ3) is 6.86. The molecule has 3 N–H and O–H groups in total. The molecule has 1 saturated carbocycles. The normalized spacial score (nSPS) is 20.1. The van der Waals surface area contributed by atoms with E-state index in [0.29, 0.717) is 37.7 Å². The van der Waals surface area contributed by atoms with E-state index in [-0.39, 0.29) is 42.9 Å². The highest BCUT2D eigenvalue weighted by atomic mass is 127. The standard InChI is InChI=1S/C19H25F3N6.HI/c1-2-23-18(27-16-8-6-15(7-9-16)19(20,21)22)24-11-13-4-3-5-14(10-13)17-25-12-26-28-17;/h3-5,10,12,15-16H,2,6-9,11H2,1H3,(H2,23,24,27)(H,25,26,28);1H. The summed E-state index contributed by atoms with van der Waals surface area (Å²) in [4.78, 5) is 8.74. The average Bonchev–Trinajstić information content (AvgIpc) is 3.21. The van der Waals surface area contributed by atoms with Crippen molar-refractivity contribution in [2.24, 2.45) is 10.9 Å². The minimum Gasteiger partial charge on any atom is -0.357 e. The number of H-pyrrole nitrogens is 1. The molecule has 10 heteroatoms. The molecule has 6 nitrogen and oxygen atoms in total. The Morgan fingerprint density at radius 3 is 2.62 bits per heavy atom. The Bertz CT molecular complexity index is 771. The smallest absolute Gasteiger partial charge is 0.357 e. The maximum absolute atomic E-state index is 12.8. The van der Waals surface area contributed by atoms with Crippen LogP contribution in [0.4, 0.5) is 13.2 Å². The first kappa shape index (κ1) is 23.4. The Morgan fingerprint density at radius 2 is 2.00 bits per heavy atom. The molecule has 1 aromatic heterocycles. The molecule has 1 aromatic carbocycles. The predicted molar refractivity (Wildman–Crippen MR) is 117 cm³/mol. The van der Waals surface area contributed by atoms with Crippen molar-refractivity contribution in [3.8, 4) is 11.4 Å². The third-order valence-electron chi connectivity index (χ3n) is 4.91. The molecule has 0 unspecified atom stereocenters. The van der Waals surface area contributed by atoms with Crippen LogP contribution in [0.2, 0.25) is 0 Å². The van der Waals surface area contributed by atoms with Crippen LogP contribution in [-0.4, -0.2) is 39.9 Å². The van der Waals surface area contributed by atoms with Gasteiger partial charge >= 0.3 is 6.18 Å². The van der Waals surface area contributed by atoms with Crippen LogP contribution in [0.5, 0.6) is 0 Å². The number of hydrogen-bond acceptors (Lipinski definition) is 3. The Labute approximate surface area is 185 Å². The molecule has 1 aliphatic rings. The number of halogens is 4. The molecule has 1 heterocycles. The zero-order chi connectivity index (χ0) is 20.0. The lowest BCUT2D eigenvalue weighted by Crippen LogP contribution is -2.45. The molecule has 0 amide bonds. The first-order valence-corrected chi connectivity index (χ1v) is 9.52. The van der Waals surface area contributed by atoms with Crippen molar-refractivity contribution in [3.05, 3.63) is 36.2 Å². The fourth-order valence-corrected chi connectivity index (χ4v) is 3.41. The van der Waals surface area contributed by atoms with Gasteiger partial charge in [-0.25, -0.2) is 9.98 Å². The summed E-state index contributed by atoms with van der Waals surface area (Å²) in [5.41, 5.74) is 1.93. The highest BCUT2D eigenvalue weighted by Gasteiger charge is 2.41. The fraction of sp³-hybridized carbons (Fsp3) is 0.526. The Morgan fingerprint density at radius 1 is 1.24 bits per heavy atom. The lowest BCUT2D eigenvalue weighted by Gasteiger charge is -2.31. The van der Waals surface area contributed by atoms with Gasteiger partial charge in [-0.15, -0.1) is 24.0 Å². The summed E-state index contributed by atoms with van der Waals surface area (Å²) >= 11 is 0. The van der Waals surface area contributed by atoms with Crippen molar-refractivity contribution in [1.29, 1.82) is 0 Å². The van der Waals surface area contributed by atoms with E-state index in [1.54, 1.807) is 0 Å². The molecule has 0 radical (unpaired) electrons. The average molecular weight is 522 g/mol. The zero-order valence-corrected chi connectivity index (χ0v) is 18.5. The Balaban J connectivity index is 0.00000300. The number of benzene rings is 1. The highest BCUT2D eigenvalue weighted by molar-refractivity contribution is 14.0. The SMILES string of the molecule is CCNC(=NCc1cccc(-c2ncn[nH]2)c1)NC1CCC(C(F)(F)F)CC1.I. The van der Waals surface area contributed by atoms with Crippen LogP contribution in [0.15, 0.2) is 35.6 Å². The molecule has 0 bridgehead atoms. The van der Waals surface area contributed by atoms with E-state index < -0.39 is 12.1 Å². The first-order valence-electron chi connectivity index (χ1n) is 9.52. The monoisotopic (exact) mass is 522 g/mol. The van der Waals surface area contributed by atoms with Gasteiger partial charge in [-0.2, -0.15) is 18.3 Å². The largest absolute Gasteiger partial charge is 0.391 e. The van der Waals surface area contributed by atoms with Crippen molar-refractivity contribution in [1.82, 2.24) is 25.8 Å². The maximum Gasteiger partial charge on any atom is 0.391 e. The van der Waals surface area contributed by atoms with Gasteiger partial charge in [-0.05, 0) is 44.2 Å². The number of rotatable bonds is 5. The molecule has 0 saturated heterocycles. The van der Waals surface area contributed by atoms with Crippen molar-refractivity contribution in [2.75, 3.05) is 6.54 Å². The van der Waals surface area contributed by atoms with Crippen LogP contribution in [0, 0.1) is 5.92 Å². The van der Waals surface area contributed by atoms with Gasteiger partial charge in [0.25, 0.3) is 0 Å². The summed E-state index contributed by atoms with van der Waals surface area (Å²) < 4.78 is 38.5. The van der Waals surface area contributed by atoms with Crippen LogP contribution in [0.1, 0.15) is 38.2 Å². The van der Waals surface area contributed by atoms with Crippen molar-refractivity contribution >= 4 is 29.9 Å². The van der Waals surface area contributed by atoms with Gasteiger partial charge in [0.05, 0.1) is 12.5 Å². The van der Waals surface area contributed by atoms with Gasteiger partial charge in [0.1, 0.15) is 6.33 Å². The van der Waals surface area contributed by atoms with E-state index in [1.165, 1.54) is 6.33 Å². The molecule has 1 fully saturated rings. The molecular weight excluding hydrogens is 496 g/mol. The number of aliphatic imine (C=N–C) groups is 1. The van der Waals surface area contributed by atoms with E-state index in [9.17, 15) is 13.2 Å². The molecular formula is C19H26F3IN6. The van der Waals surface area contributed by atoms with Gasteiger partial charge < -0.3 is 10.6 Å². The fourth-order valence-electron chi connectivity index (χ4n) is 3.41. The number of aromatic amines is 1. The quantitative estimate of drug-likeness (QED) is 0.312. The van der Waals surface area contributed by atoms with Crippen LogP contribution in [0.25, 0.3) is 11.4 Å². The second-order valence-electron chi connectivity index (χ2n) is 6.96. The summed E-state index contributed by atoms with van der Waals surface area (Å²) in [6.07, 6.45) is -1.30. The highest BCUT2D eigenvalue weighted by Crippen LogP contribution is 2.37. The van der Waals surface area contributed by atoms with Crippen molar-refractivity contribution in [3.63, 3.8) is 0 Å². The van der Waals surface area contributed by atoms with Gasteiger partial charge in [-0.3, -0.25) is 5.10 Å². The van der Waals surface area contributed by atoms with Crippen LogP contribution in [0.3, 0.4) is 0 Å². The minimum absolute atomic E-state index is 0. The number of nitrogens with one attached hydrogen (secondary N) is 3. The van der Waals surface area contributed by atoms with Crippen LogP contribution < -0.4 is 10.6 Å². The molecule has 2 aromatic rings. The Kier molecular flexibility index (Phi) is 8.72. The molecule has 0 spiro atoms. The topological polar surface area (TPSA) is 78.0 Å². The molecule has 1 aliphatic carbocycles. The molecule has 0 aliphatic heterocycles. The Hall–Kier alpha value is -1.85. The van der Waals surface area contributed by atoms with E-state index in [0.717, 1.165) is 11.1 Å². The van der Waals surface area contributed by atoms with Crippen LogP contribution >= 0.6 is 24.0 Å². The summed E-state index contributed by atoms with van der Waals surface area (Å²) in [5, 5.41) is 13.1. The summed E-state index contributed by atoms with van der Waals surface area (Å²) in [6, 6.07) is 7.85. The summed E-state index contributed by atoms with van der Waals surface area (Å²) in [5.74, 6) is 0.143. The lowest BCUT2D eigenvalue weighted by atomic mass is 9.85. The van der Waals surface area contributed by atoms with E-state index >= 15 is 0 Å². The number of hydrogen-bond donors (Lipinski definition) is 3. The van der Waals surface area contributed by atoms with Gasteiger partial charge in [0.2, 0.25) is 0 Å². The third-order valence-corrected chi connectivity index (χ3v) is 4.91. The number of alkyl halides is 3. The number of guanidine groups is 1. The molecule has 0 atom stereocenters. The second-order valence-corrected chi connectivity index (χ2v) is 6.96. The summed E-state index contributed by atoms with van der Waals surface area (Å²) in [6.45, 7) is 3.10. The minimum atomic E-state index is -4.09. The predicted octanol–water partition coefficient (Wildman–Crippen LogP) is 4.27. The van der Waals surface area contributed by atoms with Gasteiger partial charge in [0.15, 0.2) is 11.8 Å². The maximum atomic E-state index is 12.8. The molecule has 3 rings (SSSR count). The number of aromatic nitrogens is 3. The van der Waals surface area contributed by atoms with Crippen LogP contribution in [-0.2, 0) is 6.54 Å². The summed E-state index contributed by atoms with van der Waals surface area (Å²) in [7, 11) is 0. The second kappa shape index (κ2) is 10.8. The van der Waals surface area contributed by atoms with E-state index in [2.05, 4.69) is 30.8 Å². The van der Waals surface area contributed by atoms with E-state index in [1.807, 2.05) is 31.2 Å². The molecule has 160 valence electrons. The zero-order valence-electron chi connectivity index (χ0n) is 16.2. The van der Waals surface area contributed by atoms with E-state index in [4.69, 9.17) is 0 Å². The van der Waals surface area contributed by atoms with Gasteiger partial charge in [-0.1, -0.05) is 18.2 Å². The van der Waals surface area contributed by atoms with Crippen molar-refractivity contribution in [2.45, 2.75) is 51.4 Å². The van der Waals surface area contributed by atoms with Crippen molar-refractivity contribution < 1.29 is 13.2 Å². The molecule has 29 heavy (non-hydrogen) atoms. The lowest BCUT2D eigenvalue weighted by molar-refractivity contribution is -0.182. The number of nitrogens with zero attached hydrogens (tertiary/aromatic N) is 3.